The van der Waals surface area contributed by atoms with E-state index < -0.39 is 5.97 Å². The van der Waals surface area contributed by atoms with Crippen molar-refractivity contribution in [1.29, 1.82) is 0 Å². The van der Waals surface area contributed by atoms with E-state index in [1.165, 1.54) is 18.9 Å². The number of carboxylic acid groups (broad SMARTS) is 1. The first kappa shape index (κ1) is 11.8. The highest BCUT2D eigenvalue weighted by molar-refractivity contribution is 5.84. The van der Waals surface area contributed by atoms with Crippen molar-refractivity contribution < 1.29 is 14.3 Å². The first-order valence-corrected chi connectivity index (χ1v) is 5.91. The molecule has 0 aliphatic heterocycles. The summed E-state index contributed by atoms with van der Waals surface area (Å²) in [4.78, 5) is 10.4. The molecule has 0 atom stereocenters. The van der Waals surface area contributed by atoms with Crippen LogP contribution in [0, 0.1) is 0 Å². The Morgan fingerprint density at radius 2 is 2.18 bits per heavy atom. The summed E-state index contributed by atoms with van der Waals surface area (Å²) in [5.41, 5.74) is 0.0162. The van der Waals surface area contributed by atoms with E-state index in [1.807, 2.05) is 0 Å². The summed E-state index contributed by atoms with van der Waals surface area (Å²) >= 11 is 0. The SMILES string of the molecule is CCC1(c2nnc(/C=C/C(=O)O)o2)CCCC1. The number of hydrogen-bond acceptors (Lipinski definition) is 4. The van der Waals surface area contributed by atoms with Gasteiger partial charge in [-0.3, -0.25) is 0 Å². The average Bonchev–Trinajstić information content (AvgIpc) is 2.96. The van der Waals surface area contributed by atoms with E-state index in [-0.39, 0.29) is 11.3 Å². The lowest BCUT2D eigenvalue weighted by molar-refractivity contribution is -0.131. The molecule has 0 unspecified atom stereocenters. The van der Waals surface area contributed by atoms with E-state index in [4.69, 9.17) is 9.52 Å². The van der Waals surface area contributed by atoms with Crippen LogP contribution < -0.4 is 0 Å². The number of carboxylic acids is 1. The van der Waals surface area contributed by atoms with Gasteiger partial charge >= 0.3 is 5.97 Å². The fourth-order valence-electron chi connectivity index (χ4n) is 2.43. The van der Waals surface area contributed by atoms with Crippen LogP contribution >= 0.6 is 0 Å². The van der Waals surface area contributed by atoms with E-state index in [0.717, 1.165) is 25.3 Å². The van der Waals surface area contributed by atoms with E-state index in [9.17, 15) is 4.79 Å². The molecule has 1 aliphatic carbocycles. The molecule has 0 amide bonds. The largest absolute Gasteiger partial charge is 0.478 e. The minimum Gasteiger partial charge on any atom is -0.478 e. The van der Waals surface area contributed by atoms with Crippen molar-refractivity contribution in [3.8, 4) is 0 Å². The molecular formula is C12H16N2O3. The lowest BCUT2D eigenvalue weighted by atomic mass is 9.83. The van der Waals surface area contributed by atoms with Crippen LogP contribution in [-0.4, -0.2) is 21.3 Å². The lowest BCUT2D eigenvalue weighted by Crippen LogP contribution is -2.21. The van der Waals surface area contributed by atoms with Crippen LogP contribution in [0.1, 0.15) is 50.8 Å². The van der Waals surface area contributed by atoms with Gasteiger partial charge in [-0.2, -0.15) is 0 Å². The van der Waals surface area contributed by atoms with Crippen molar-refractivity contribution in [3.63, 3.8) is 0 Å². The molecule has 0 saturated heterocycles. The van der Waals surface area contributed by atoms with Crippen LogP contribution in [0.25, 0.3) is 6.08 Å². The number of aliphatic carboxylic acids is 1. The zero-order valence-electron chi connectivity index (χ0n) is 9.85. The second kappa shape index (κ2) is 4.69. The summed E-state index contributed by atoms with van der Waals surface area (Å²) in [6, 6.07) is 0. The fraction of sp³-hybridized carbons (Fsp3) is 0.583. The molecule has 1 heterocycles. The third-order valence-electron chi connectivity index (χ3n) is 3.50. The molecule has 1 aromatic heterocycles. The molecule has 5 nitrogen and oxygen atoms in total. The molecule has 0 radical (unpaired) electrons. The monoisotopic (exact) mass is 236 g/mol. The van der Waals surface area contributed by atoms with Gasteiger partial charge in [0.1, 0.15) is 0 Å². The van der Waals surface area contributed by atoms with Crippen LogP contribution in [0.2, 0.25) is 0 Å². The number of aromatic nitrogens is 2. The number of nitrogens with zero attached hydrogens (tertiary/aromatic N) is 2. The van der Waals surface area contributed by atoms with Gasteiger partial charge in [0.25, 0.3) is 0 Å². The van der Waals surface area contributed by atoms with Gasteiger partial charge in [0, 0.05) is 17.6 Å². The topological polar surface area (TPSA) is 76.2 Å². The second-order valence-corrected chi connectivity index (χ2v) is 4.46. The molecule has 0 bridgehead atoms. The summed E-state index contributed by atoms with van der Waals surface area (Å²) < 4.78 is 5.54. The third-order valence-corrected chi connectivity index (χ3v) is 3.50. The number of rotatable bonds is 4. The molecule has 2 rings (SSSR count). The predicted octanol–water partition coefficient (Wildman–Crippen LogP) is 2.39. The Hall–Kier alpha value is -1.65. The zero-order chi connectivity index (χ0) is 12.3. The van der Waals surface area contributed by atoms with Crippen molar-refractivity contribution in [2.45, 2.75) is 44.4 Å². The van der Waals surface area contributed by atoms with E-state index in [2.05, 4.69) is 17.1 Å². The van der Waals surface area contributed by atoms with Gasteiger partial charge in [-0.15, -0.1) is 10.2 Å². The van der Waals surface area contributed by atoms with Crippen LogP contribution in [-0.2, 0) is 10.2 Å². The Morgan fingerprint density at radius 1 is 1.47 bits per heavy atom. The van der Waals surface area contributed by atoms with Crippen molar-refractivity contribution >= 4 is 12.0 Å². The summed E-state index contributed by atoms with van der Waals surface area (Å²) in [5, 5.41) is 16.4. The predicted molar refractivity (Wildman–Crippen MR) is 61.4 cm³/mol. The molecule has 1 aliphatic rings. The van der Waals surface area contributed by atoms with Crippen LogP contribution in [0.15, 0.2) is 10.5 Å². The minimum atomic E-state index is -1.02. The van der Waals surface area contributed by atoms with Gasteiger partial charge in [-0.05, 0) is 19.3 Å². The van der Waals surface area contributed by atoms with Crippen LogP contribution in [0.4, 0.5) is 0 Å². The molecule has 92 valence electrons. The highest BCUT2D eigenvalue weighted by atomic mass is 16.4. The first-order valence-electron chi connectivity index (χ1n) is 5.91. The average molecular weight is 236 g/mol. The Kier molecular flexibility index (Phi) is 3.26. The van der Waals surface area contributed by atoms with Gasteiger partial charge < -0.3 is 9.52 Å². The number of carbonyl (C=O) groups is 1. The minimum absolute atomic E-state index is 0.0162. The fourth-order valence-corrected chi connectivity index (χ4v) is 2.43. The normalized spacial score (nSPS) is 18.9. The van der Waals surface area contributed by atoms with E-state index in [0.29, 0.717) is 5.89 Å². The first-order chi connectivity index (χ1) is 8.16. The Morgan fingerprint density at radius 3 is 2.76 bits per heavy atom. The van der Waals surface area contributed by atoms with Gasteiger partial charge in [-0.1, -0.05) is 19.8 Å². The van der Waals surface area contributed by atoms with Crippen LogP contribution in [0.5, 0.6) is 0 Å². The molecule has 0 spiro atoms. The zero-order valence-corrected chi connectivity index (χ0v) is 9.85. The maximum Gasteiger partial charge on any atom is 0.328 e. The summed E-state index contributed by atoms with van der Waals surface area (Å²) in [7, 11) is 0. The highest BCUT2D eigenvalue weighted by Gasteiger charge is 2.38. The molecule has 0 aromatic carbocycles. The summed E-state index contributed by atoms with van der Waals surface area (Å²) in [6.45, 7) is 2.13. The molecule has 1 aromatic rings. The van der Waals surface area contributed by atoms with Crippen molar-refractivity contribution in [1.82, 2.24) is 10.2 Å². The van der Waals surface area contributed by atoms with Gasteiger partial charge in [0.2, 0.25) is 11.8 Å². The second-order valence-electron chi connectivity index (χ2n) is 4.46. The van der Waals surface area contributed by atoms with Gasteiger partial charge in [-0.25, -0.2) is 4.79 Å². The molecule has 1 fully saturated rings. The lowest BCUT2D eigenvalue weighted by Gasteiger charge is -2.22. The van der Waals surface area contributed by atoms with Gasteiger partial charge in [0.15, 0.2) is 0 Å². The summed E-state index contributed by atoms with van der Waals surface area (Å²) in [6.07, 6.45) is 7.85. The van der Waals surface area contributed by atoms with Crippen molar-refractivity contribution in [2.75, 3.05) is 0 Å². The molecule has 1 N–H and O–H groups in total. The molecule has 1 saturated carbocycles. The molecule has 17 heavy (non-hydrogen) atoms. The standard InChI is InChI=1S/C12H16N2O3/c1-2-12(7-3-4-8-12)11-14-13-9(17-11)5-6-10(15)16/h5-6H,2-4,7-8H2,1H3,(H,15,16)/b6-5+. The van der Waals surface area contributed by atoms with Crippen molar-refractivity contribution in [2.24, 2.45) is 0 Å². The third kappa shape index (κ3) is 2.38. The Labute approximate surface area is 99.5 Å². The maximum atomic E-state index is 10.4. The Balaban J connectivity index is 2.20. The maximum absolute atomic E-state index is 10.4. The van der Waals surface area contributed by atoms with Gasteiger partial charge in [0.05, 0.1) is 0 Å². The van der Waals surface area contributed by atoms with Crippen LogP contribution in [0.3, 0.4) is 0 Å². The molecule has 5 heteroatoms. The van der Waals surface area contributed by atoms with E-state index >= 15 is 0 Å². The Bertz CT molecular complexity index is 431. The summed E-state index contributed by atoms with van der Waals surface area (Å²) in [5.74, 6) is -0.0968. The smallest absolute Gasteiger partial charge is 0.328 e. The number of hydrogen-bond donors (Lipinski definition) is 1. The van der Waals surface area contributed by atoms with Crippen molar-refractivity contribution in [3.05, 3.63) is 17.9 Å². The molecular weight excluding hydrogens is 220 g/mol. The van der Waals surface area contributed by atoms with E-state index in [1.54, 1.807) is 0 Å². The highest BCUT2D eigenvalue weighted by Crippen LogP contribution is 2.42. The quantitative estimate of drug-likeness (QED) is 0.812.